The van der Waals surface area contributed by atoms with Crippen LogP contribution in [0, 0.1) is 0 Å². The third-order valence-corrected chi connectivity index (χ3v) is 7.69. The van der Waals surface area contributed by atoms with E-state index in [1.54, 1.807) is 54.6 Å². The lowest BCUT2D eigenvalue weighted by atomic mass is 10.0. The number of aryl methyl sites for hydroxylation is 2. The summed E-state index contributed by atoms with van der Waals surface area (Å²) in [4.78, 5) is 41.8. The molecule has 0 aliphatic carbocycles. The number of hydrogen-bond acceptors (Lipinski definition) is 7. The van der Waals surface area contributed by atoms with Gasteiger partial charge in [0.15, 0.2) is 10.9 Å². The van der Waals surface area contributed by atoms with Crippen molar-refractivity contribution in [3.8, 4) is 0 Å². The lowest BCUT2D eigenvalue weighted by molar-refractivity contribution is 0.0979. The molecule has 0 bridgehead atoms. The highest BCUT2D eigenvalue weighted by molar-refractivity contribution is 7.99. The summed E-state index contributed by atoms with van der Waals surface area (Å²) in [6, 6.07) is 7.09. The fraction of sp³-hybridized carbons (Fsp3) is 0.379. The molecule has 10 heteroatoms. The Morgan fingerprint density at radius 2 is 1.69 bits per heavy atom. The fourth-order valence-electron chi connectivity index (χ4n) is 4.26. The first-order chi connectivity index (χ1) is 19.1. The summed E-state index contributed by atoms with van der Waals surface area (Å²) in [6.07, 6.45) is 19.5. The number of halogens is 1. The van der Waals surface area contributed by atoms with Gasteiger partial charge in [-0.2, -0.15) is 4.98 Å². The molecule has 4 aromatic rings. The van der Waals surface area contributed by atoms with Crippen molar-refractivity contribution >= 4 is 29.1 Å². The smallest absolute Gasteiger partial charge is 0.277 e. The number of aromatic nitrogens is 6. The van der Waals surface area contributed by atoms with Gasteiger partial charge < -0.3 is 9.13 Å². The number of unbranched alkanes of at least 4 members (excludes halogenated alkanes) is 4. The van der Waals surface area contributed by atoms with Crippen LogP contribution in [0.15, 0.2) is 77.9 Å². The van der Waals surface area contributed by atoms with E-state index in [2.05, 4.69) is 24.5 Å². The van der Waals surface area contributed by atoms with E-state index >= 15 is 0 Å². The summed E-state index contributed by atoms with van der Waals surface area (Å²) < 4.78 is 4.15. The first kappa shape index (κ1) is 28.7. The van der Waals surface area contributed by atoms with Gasteiger partial charge in [-0.1, -0.05) is 42.6 Å². The average Bonchev–Trinajstić information content (AvgIpc) is 3.46. The van der Waals surface area contributed by atoms with Crippen molar-refractivity contribution in [2.75, 3.05) is 5.75 Å². The van der Waals surface area contributed by atoms with Crippen LogP contribution in [0.5, 0.6) is 0 Å². The third kappa shape index (κ3) is 9.44. The van der Waals surface area contributed by atoms with Gasteiger partial charge in [0.1, 0.15) is 6.33 Å². The highest BCUT2D eigenvalue weighted by Gasteiger charge is 2.11. The second-order valence-corrected chi connectivity index (χ2v) is 10.9. The molecule has 204 valence electrons. The highest BCUT2D eigenvalue weighted by Crippen LogP contribution is 2.19. The van der Waals surface area contributed by atoms with Gasteiger partial charge in [-0.3, -0.25) is 9.59 Å². The zero-order valence-corrected chi connectivity index (χ0v) is 23.5. The van der Waals surface area contributed by atoms with Gasteiger partial charge in [0, 0.05) is 78.8 Å². The van der Waals surface area contributed by atoms with Crippen LogP contribution in [-0.4, -0.2) is 40.6 Å². The number of imidazole rings is 1. The maximum Gasteiger partial charge on any atom is 0.277 e. The fourth-order valence-corrected chi connectivity index (χ4v) is 5.38. The molecule has 3 aromatic heterocycles. The molecule has 8 nitrogen and oxygen atoms in total. The Morgan fingerprint density at radius 1 is 0.923 bits per heavy atom. The number of nitrogens with zero attached hydrogens (tertiary/aromatic N) is 6. The molecule has 0 atom stereocenters. The maximum absolute atomic E-state index is 12.8. The van der Waals surface area contributed by atoms with E-state index in [1.165, 1.54) is 6.33 Å². The van der Waals surface area contributed by atoms with Crippen LogP contribution >= 0.6 is 23.4 Å². The number of hydrogen-bond donors (Lipinski definition) is 0. The zero-order chi connectivity index (χ0) is 27.3. The second kappa shape index (κ2) is 15.3. The van der Waals surface area contributed by atoms with Crippen LogP contribution in [0.1, 0.15) is 66.4 Å². The normalized spacial score (nSPS) is 11.1. The Bertz CT molecular complexity index is 1360. The number of thioether (sulfide) groups is 1. The molecule has 0 fully saturated rings. The van der Waals surface area contributed by atoms with Gasteiger partial charge in [0.25, 0.3) is 5.56 Å². The van der Waals surface area contributed by atoms with Crippen LogP contribution in [0.4, 0.5) is 0 Å². The van der Waals surface area contributed by atoms with Crippen LogP contribution in [0.2, 0.25) is 5.02 Å². The number of Topliss-reactive ketones (excluding diaryl/α,β-unsaturated/α-hetero) is 1. The number of carbonyl (C=O) groups excluding carboxylic acids is 1. The number of rotatable bonds is 16. The molecule has 4 rings (SSSR count). The summed E-state index contributed by atoms with van der Waals surface area (Å²) in [5.41, 5.74) is 2.06. The first-order valence-electron chi connectivity index (χ1n) is 13.3. The molecule has 0 N–H and O–H groups in total. The molecule has 3 heterocycles. The highest BCUT2D eigenvalue weighted by atomic mass is 35.5. The summed E-state index contributed by atoms with van der Waals surface area (Å²) in [6.45, 7) is 1.60. The van der Waals surface area contributed by atoms with Crippen molar-refractivity contribution in [2.24, 2.45) is 0 Å². The predicted molar refractivity (Wildman–Crippen MR) is 154 cm³/mol. The van der Waals surface area contributed by atoms with E-state index in [0.29, 0.717) is 23.4 Å². The van der Waals surface area contributed by atoms with Crippen molar-refractivity contribution in [1.29, 1.82) is 0 Å². The molecule has 1 aromatic carbocycles. The minimum Gasteiger partial charge on any atom is -0.337 e. The van der Waals surface area contributed by atoms with Gasteiger partial charge in [0.05, 0.1) is 6.33 Å². The molecular formula is C29H33ClN6O2S. The standard InChI is InChI=1S/C29H33ClN6O2S/c30-26-10-8-24(9-11-26)27(37)7-4-2-1-3-5-16-39-29-34-28(38)25(17-23-18-32-21-33-19-23)20-36(29)14-6-13-35-15-12-31-22-35/h8-12,15,18-22H,1-7,13-14,16-17H2. The van der Waals surface area contributed by atoms with Gasteiger partial charge in [-0.25, -0.2) is 15.0 Å². The van der Waals surface area contributed by atoms with Crippen LogP contribution in [0.25, 0.3) is 0 Å². The maximum atomic E-state index is 12.8. The van der Waals surface area contributed by atoms with Crippen LogP contribution in [0.3, 0.4) is 0 Å². The Labute approximate surface area is 237 Å². The van der Waals surface area contributed by atoms with Crippen LogP contribution in [-0.2, 0) is 19.5 Å². The van der Waals surface area contributed by atoms with Crippen molar-refractivity contribution in [1.82, 2.24) is 29.1 Å². The van der Waals surface area contributed by atoms with E-state index < -0.39 is 0 Å². The van der Waals surface area contributed by atoms with Crippen molar-refractivity contribution in [3.63, 3.8) is 0 Å². The molecule has 0 amide bonds. The van der Waals surface area contributed by atoms with Gasteiger partial charge in [-0.05, 0) is 49.1 Å². The lowest BCUT2D eigenvalue weighted by Crippen LogP contribution is -2.20. The summed E-state index contributed by atoms with van der Waals surface area (Å²) >= 11 is 7.53. The summed E-state index contributed by atoms with van der Waals surface area (Å²) in [7, 11) is 0. The molecule has 39 heavy (non-hydrogen) atoms. The van der Waals surface area contributed by atoms with Gasteiger partial charge in [-0.15, -0.1) is 0 Å². The minimum atomic E-state index is -0.197. The van der Waals surface area contributed by atoms with Crippen molar-refractivity contribution < 1.29 is 4.79 Å². The number of benzene rings is 1. The van der Waals surface area contributed by atoms with Crippen molar-refractivity contribution in [3.05, 3.63) is 100.0 Å². The molecular weight excluding hydrogens is 532 g/mol. The van der Waals surface area contributed by atoms with E-state index in [0.717, 1.165) is 73.7 Å². The average molecular weight is 565 g/mol. The topological polar surface area (TPSA) is 95.6 Å². The molecule has 0 spiro atoms. The lowest BCUT2D eigenvalue weighted by Gasteiger charge is -2.14. The van der Waals surface area contributed by atoms with Crippen molar-refractivity contribution in [2.45, 2.75) is 69.6 Å². The largest absolute Gasteiger partial charge is 0.337 e. The Balaban J connectivity index is 1.24. The molecule has 0 aliphatic heterocycles. The molecule has 0 unspecified atom stereocenters. The molecule has 0 saturated carbocycles. The second-order valence-electron chi connectivity index (χ2n) is 9.42. The van der Waals surface area contributed by atoms with E-state index in [4.69, 9.17) is 11.6 Å². The molecule has 0 saturated heterocycles. The summed E-state index contributed by atoms with van der Waals surface area (Å²) in [5.74, 6) is 1.06. The van der Waals surface area contributed by atoms with E-state index in [1.807, 2.05) is 23.3 Å². The van der Waals surface area contributed by atoms with E-state index in [-0.39, 0.29) is 11.3 Å². The van der Waals surface area contributed by atoms with Crippen LogP contribution < -0.4 is 5.56 Å². The molecule has 0 radical (unpaired) electrons. The minimum absolute atomic E-state index is 0.169. The predicted octanol–water partition coefficient (Wildman–Crippen LogP) is 5.88. The van der Waals surface area contributed by atoms with Gasteiger partial charge >= 0.3 is 0 Å². The number of ketones is 1. The van der Waals surface area contributed by atoms with E-state index in [9.17, 15) is 9.59 Å². The third-order valence-electron chi connectivity index (χ3n) is 6.36. The monoisotopic (exact) mass is 564 g/mol. The Morgan fingerprint density at radius 3 is 2.46 bits per heavy atom. The zero-order valence-electron chi connectivity index (χ0n) is 21.9. The summed E-state index contributed by atoms with van der Waals surface area (Å²) in [5, 5.41) is 1.40. The van der Waals surface area contributed by atoms with Gasteiger partial charge in [0.2, 0.25) is 0 Å². The Hall–Kier alpha value is -3.30. The Kier molecular flexibility index (Phi) is 11.3. The SMILES string of the molecule is O=C(CCCCCCCSc1nc(=O)c(Cc2cncnc2)cn1CCCn1ccnc1)c1ccc(Cl)cc1. The number of carbonyl (C=O) groups is 1. The first-order valence-corrected chi connectivity index (χ1v) is 14.7. The molecule has 0 aliphatic rings. The quantitative estimate of drug-likeness (QED) is 0.0725.